The molecular weight excluding hydrogens is 164 g/mol. The summed E-state index contributed by atoms with van der Waals surface area (Å²) in [6.45, 7) is 8.74. The topological polar surface area (TPSA) is 29.5 Å². The summed E-state index contributed by atoms with van der Waals surface area (Å²) in [5.41, 5.74) is 1.13. The molecule has 0 bridgehead atoms. The van der Waals surface area contributed by atoms with Crippen LogP contribution in [0.25, 0.3) is 0 Å². The fourth-order valence-electron chi connectivity index (χ4n) is 1.73. The molecule has 0 saturated carbocycles. The van der Waals surface area contributed by atoms with Gasteiger partial charge in [-0.15, -0.1) is 0 Å². The van der Waals surface area contributed by atoms with Crippen LogP contribution in [0.15, 0.2) is 12.2 Å². The van der Waals surface area contributed by atoms with E-state index in [2.05, 4.69) is 20.4 Å². The van der Waals surface area contributed by atoms with Crippen LogP contribution in [0.1, 0.15) is 33.1 Å². The van der Waals surface area contributed by atoms with Gasteiger partial charge in [0.05, 0.1) is 18.8 Å². The Morgan fingerprint density at radius 3 is 2.85 bits per heavy atom. The highest BCUT2D eigenvalue weighted by molar-refractivity contribution is 4.96. The number of hydrogen-bond donors (Lipinski definition) is 1. The number of ether oxygens (including phenoxy) is 1. The third-order valence-electron chi connectivity index (χ3n) is 2.77. The van der Waals surface area contributed by atoms with Crippen LogP contribution in [0.5, 0.6) is 0 Å². The van der Waals surface area contributed by atoms with E-state index in [1.54, 1.807) is 0 Å². The molecule has 1 heterocycles. The average Bonchev–Trinajstić information content (AvgIpc) is 2.51. The predicted octanol–water partition coefficient (Wildman–Crippen LogP) is 2.13. The Balaban J connectivity index is 2.31. The Bertz CT molecular complexity index is 177. The van der Waals surface area contributed by atoms with Crippen LogP contribution in [0.2, 0.25) is 0 Å². The van der Waals surface area contributed by atoms with E-state index in [9.17, 15) is 5.11 Å². The molecule has 1 fully saturated rings. The van der Waals surface area contributed by atoms with Crippen molar-refractivity contribution in [3.8, 4) is 0 Å². The van der Waals surface area contributed by atoms with Crippen molar-refractivity contribution in [1.29, 1.82) is 0 Å². The molecule has 0 aromatic rings. The molecule has 0 spiro atoms. The predicted molar refractivity (Wildman–Crippen MR) is 53.6 cm³/mol. The van der Waals surface area contributed by atoms with Crippen LogP contribution in [-0.2, 0) is 4.74 Å². The molecule has 1 rings (SSSR count). The van der Waals surface area contributed by atoms with Crippen molar-refractivity contribution in [2.75, 3.05) is 6.61 Å². The molecule has 0 radical (unpaired) electrons. The maximum Gasteiger partial charge on any atom is 0.0628 e. The standard InChI is InChI=1S/C11H20O2/c1-4-8(2)5-11(12)10-6-9(3)13-7-10/h9-12H,2,4-7H2,1,3H3. The molecule has 76 valence electrons. The van der Waals surface area contributed by atoms with E-state index in [0.29, 0.717) is 18.6 Å². The van der Waals surface area contributed by atoms with Crippen molar-refractivity contribution in [2.24, 2.45) is 5.92 Å². The van der Waals surface area contributed by atoms with Crippen molar-refractivity contribution in [2.45, 2.75) is 45.3 Å². The molecule has 13 heavy (non-hydrogen) atoms. The van der Waals surface area contributed by atoms with Gasteiger partial charge in [0.1, 0.15) is 0 Å². The molecule has 2 heteroatoms. The summed E-state index contributed by atoms with van der Waals surface area (Å²) >= 11 is 0. The lowest BCUT2D eigenvalue weighted by Gasteiger charge is -2.16. The van der Waals surface area contributed by atoms with E-state index >= 15 is 0 Å². The Kier molecular flexibility index (Phi) is 3.94. The summed E-state index contributed by atoms with van der Waals surface area (Å²) in [7, 11) is 0. The van der Waals surface area contributed by atoms with Crippen LogP contribution in [-0.4, -0.2) is 23.9 Å². The maximum atomic E-state index is 9.83. The van der Waals surface area contributed by atoms with Gasteiger partial charge in [-0.25, -0.2) is 0 Å². The van der Waals surface area contributed by atoms with Gasteiger partial charge >= 0.3 is 0 Å². The zero-order valence-corrected chi connectivity index (χ0v) is 8.62. The van der Waals surface area contributed by atoms with Gasteiger partial charge in [0, 0.05) is 5.92 Å². The lowest BCUT2D eigenvalue weighted by molar-refractivity contribution is 0.0804. The molecule has 1 N–H and O–H groups in total. The van der Waals surface area contributed by atoms with Crippen LogP contribution in [0, 0.1) is 5.92 Å². The molecule has 1 aliphatic rings. The SMILES string of the molecule is C=C(CC)CC(O)C1COC(C)C1. The first-order valence-corrected chi connectivity index (χ1v) is 5.09. The highest BCUT2D eigenvalue weighted by Crippen LogP contribution is 2.25. The fraction of sp³-hybridized carbons (Fsp3) is 0.818. The number of rotatable bonds is 4. The third-order valence-corrected chi connectivity index (χ3v) is 2.77. The van der Waals surface area contributed by atoms with E-state index in [0.717, 1.165) is 24.8 Å². The van der Waals surface area contributed by atoms with E-state index in [1.165, 1.54) is 0 Å². The normalized spacial score (nSPS) is 30.4. The molecular formula is C11H20O2. The number of hydrogen-bond acceptors (Lipinski definition) is 2. The minimum Gasteiger partial charge on any atom is -0.392 e. The molecule has 0 aliphatic carbocycles. The smallest absolute Gasteiger partial charge is 0.0628 e. The van der Waals surface area contributed by atoms with Gasteiger partial charge in [-0.3, -0.25) is 0 Å². The minimum atomic E-state index is -0.252. The van der Waals surface area contributed by atoms with Gasteiger partial charge in [0.25, 0.3) is 0 Å². The van der Waals surface area contributed by atoms with Crippen molar-refractivity contribution in [3.63, 3.8) is 0 Å². The highest BCUT2D eigenvalue weighted by Gasteiger charge is 2.28. The summed E-state index contributed by atoms with van der Waals surface area (Å²) in [6, 6.07) is 0. The minimum absolute atomic E-state index is 0.252. The number of aliphatic hydroxyl groups excluding tert-OH is 1. The third kappa shape index (κ3) is 3.12. The lowest BCUT2D eigenvalue weighted by atomic mass is 9.94. The molecule has 1 saturated heterocycles. The van der Waals surface area contributed by atoms with E-state index in [-0.39, 0.29) is 6.10 Å². The molecule has 3 atom stereocenters. The van der Waals surface area contributed by atoms with Crippen LogP contribution < -0.4 is 0 Å². The fourth-order valence-corrected chi connectivity index (χ4v) is 1.73. The van der Waals surface area contributed by atoms with Gasteiger partial charge < -0.3 is 9.84 Å². The Labute approximate surface area is 80.6 Å². The Morgan fingerprint density at radius 2 is 2.38 bits per heavy atom. The van der Waals surface area contributed by atoms with E-state index < -0.39 is 0 Å². The lowest BCUT2D eigenvalue weighted by Crippen LogP contribution is -2.21. The summed E-state index contributed by atoms with van der Waals surface area (Å²) < 4.78 is 5.41. The maximum absolute atomic E-state index is 9.83. The zero-order valence-electron chi connectivity index (χ0n) is 8.62. The van der Waals surface area contributed by atoms with E-state index in [4.69, 9.17) is 4.74 Å². The van der Waals surface area contributed by atoms with Crippen LogP contribution in [0.3, 0.4) is 0 Å². The van der Waals surface area contributed by atoms with Crippen LogP contribution in [0.4, 0.5) is 0 Å². The second-order valence-corrected chi connectivity index (χ2v) is 4.01. The average molecular weight is 184 g/mol. The van der Waals surface area contributed by atoms with Crippen molar-refractivity contribution in [3.05, 3.63) is 12.2 Å². The first-order valence-electron chi connectivity index (χ1n) is 5.09. The molecule has 0 amide bonds. The first-order chi connectivity index (χ1) is 6.13. The van der Waals surface area contributed by atoms with Gasteiger partial charge in [0.2, 0.25) is 0 Å². The highest BCUT2D eigenvalue weighted by atomic mass is 16.5. The van der Waals surface area contributed by atoms with E-state index in [1.807, 2.05) is 0 Å². The number of aliphatic hydroxyl groups is 1. The summed E-state index contributed by atoms with van der Waals surface area (Å²) in [5, 5.41) is 9.83. The molecule has 1 aliphatic heterocycles. The van der Waals surface area contributed by atoms with Gasteiger partial charge in [0.15, 0.2) is 0 Å². The van der Waals surface area contributed by atoms with Gasteiger partial charge in [-0.2, -0.15) is 0 Å². The van der Waals surface area contributed by atoms with Crippen molar-refractivity contribution >= 4 is 0 Å². The van der Waals surface area contributed by atoms with Crippen LogP contribution >= 0.6 is 0 Å². The summed E-state index contributed by atoms with van der Waals surface area (Å²) in [4.78, 5) is 0. The molecule has 0 aromatic carbocycles. The van der Waals surface area contributed by atoms with Crippen molar-refractivity contribution in [1.82, 2.24) is 0 Å². The Morgan fingerprint density at radius 1 is 1.69 bits per heavy atom. The zero-order chi connectivity index (χ0) is 9.84. The molecule has 3 unspecified atom stereocenters. The van der Waals surface area contributed by atoms with Gasteiger partial charge in [-0.1, -0.05) is 19.1 Å². The largest absolute Gasteiger partial charge is 0.392 e. The molecule has 2 nitrogen and oxygen atoms in total. The first kappa shape index (κ1) is 10.7. The van der Waals surface area contributed by atoms with Gasteiger partial charge in [-0.05, 0) is 26.2 Å². The quantitative estimate of drug-likeness (QED) is 0.678. The second-order valence-electron chi connectivity index (χ2n) is 4.01. The monoisotopic (exact) mass is 184 g/mol. The summed E-state index contributed by atoms with van der Waals surface area (Å²) in [6.07, 6.45) is 2.74. The van der Waals surface area contributed by atoms with Crippen molar-refractivity contribution < 1.29 is 9.84 Å². The molecule has 0 aromatic heterocycles. The second kappa shape index (κ2) is 4.77. The summed E-state index contributed by atoms with van der Waals surface area (Å²) in [5.74, 6) is 0.318. The Hall–Kier alpha value is -0.340.